The molecule has 6 heteroatoms. The van der Waals surface area contributed by atoms with Crippen LogP contribution in [0.25, 0.3) is 0 Å². The fourth-order valence-electron chi connectivity index (χ4n) is 2.05. The van der Waals surface area contributed by atoms with E-state index >= 15 is 0 Å². The monoisotopic (exact) mass is 263 g/mol. The Morgan fingerprint density at radius 3 is 2.71 bits per heavy atom. The maximum atomic E-state index is 12.1. The molecule has 1 fully saturated rings. The van der Waals surface area contributed by atoms with Gasteiger partial charge >= 0.3 is 5.97 Å². The van der Waals surface area contributed by atoms with Gasteiger partial charge in [-0.1, -0.05) is 13.3 Å². The molecule has 0 bridgehead atoms. The van der Waals surface area contributed by atoms with Gasteiger partial charge in [-0.3, -0.25) is 4.79 Å². The third-order valence-corrected chi connectivity index (χ3v) is 5.00. The normalized spacial score (nSPS) is 22.4. The zero-order valence-corrected chi connectivity index (χ0v) is 11.3. The van der Waals surface area contributed by atoms with Crippen LogP contribution in [0.2, 0.25) is 0 Å². The minimum absolute atomic E-state index is 0.122. The van der Waals surface area contributed by atoms with Gasteiger partial charge in [0.15, 0.2) is 0 Å². The van der Waals surface area contributed by atoms with Crippen LogP contribution in [0, 0.1) is 0 Å². The smallest absolute Gasteiger partial charge is 0.324 e. The first-order valence-electron chi connectivity index (χ1n) is 6.10. The molecule has 0 aliphatic carbocycles. The number of carbonyl (C=O) groups is 1. The van der Waals surface area contributed by atoms with Crippen molar-refractivity contribution in [3.8, 4) is 0 Å². The molecule has 0 spiro atoms. The Morgan fingerprint density at radius 1 is 1.41 bits per heavy atom. The third-order valence-electron chi connectivity index (χ3n) is 3.04. The zero-order chi connectivity index (χ0) is 12.9. The Kier molecular flexibility index (Phi) is 5.39. The third kappa shape index (κ3) is 3.67. The van der Waals surface area contributed by atoms with E-state index in [9.17, 15) is 13.2 Å². The highest BCUT2D eigenvalue weighted by Gasteiger charge is 2.36. The van der Waals surface area contributed by atoms with Crippen LogP contribution in [0.5, 0.6) is 0 Å². The van der Waals surface area contributed by atoms with Crippen LogP contribution in [0.3, 0.4) is 0 Å². The van der Waals surface area contributed by atoms with Gasteiger partial charge in [-0.2, -0.15) is 4.31 Å². The van der Waals surface area contributed by atoms with Crippen LogP contribution < -0.4 is 0 Å². The number of hydrogen-bond donors (Lipinski definition) is 0. The van der Waals surface area contributed by atoms with E-state index in [-0.39, 0.29) is 5.75 Å². The predicted molar refractivity (Wildman–Crippen MR) is 65.1 cm³/mol. The van der Waals surface area contributed by atoms with Crippen LogP contribution in [0.1, 0.15) is 39.0 Å². The summed E-state index contributed by atoms with van der Waals surface area (Å²) in [7, 11) is -2.02. The molecule has 1 heterocycles. The van der Waals surface area contributed by atoms with Crippen molar-refractivity contribution in [3.05, 3.63) is 0 Å². The summed E-state index contributed by atoms with van der Waals surface area (Å²) in [5.74, 6) is -0.318. The molecule has 1 aliphatic heterocycles. The molecule has 100 valence electrons. The summed E-state index contributed by atoms with van der Waals surface area (Å²) in [5, 5.41) is 0. The topological polar surface area (TPSA) is 63.7 Å². The molecule has 17 heavy (non-hydrogen) atoms. The second kappa shape index (κ2) is 6.35. The Bertz CT molecular complexity index is 352. The number of rotatable bonds is 5. The van der Waals surface area contributed by atoms with Crippen molar-refractivity contribution in [2.24, 2.45) is 0 Å². The van der Waals surface area contributed by atoms with E-state index in [1.807, 2.05) is 6.92 Å². The highest BCUT2D eigenvalue weighted by Crippen LogP contribution is 2.22. The van der Waals surface area contributed by atoms with Gasteiger partial charge in [0, 0.05) is 6.54 Å². The van der Waals surface area contributed by atoms with Crippen LogP contribution in [-0.2, 0) is 19.6 Å². The summed E-state index contributed by atoms with van der Waals surface area (Å²) in [5.41, 5.74) is 0. The maximum Gasteiger partial charge on any atom is 0.324 e. The highest BCUT2D eigenvalue weighted by atomic mass is 32.2. The number of piperidine rings is 1. The average molecular weight is 263 g/mol. The molecule has 1 aliphatic rings. The quantitative estimate of drug-likeness (QED) is 0.698. The summed E-state index contributed by atoms with van der Waals surface area (Å²) in [4.78, 5) is 11.6. The molecule has 0 saturated carbocycles. The lowest BCUT2D eigenvalue weighted by Crippen LogP contribution is -2.49. The Hall–Kier alpha value is -0.620. The molecular formula is C11H21NO4S. The predicted octanol–water partition coefficient (Wildman–Crippen LogP) is 1.14. The van der Waals surface area contributed by atoms with Crippen molar-refractivity contribution < 1.29 is 17.9 Å². The first-order chi connectivity index (χ1) is 8.03. The first kappa shape index (κ1) is 14.4. The van der Waals surface area contributed by atoms with Gasteiger partial charge in [0.25, 0.3) is 0 Å². The number of methoxy groups -OCH3 is 1. The molecule has 0 N–H and O–H groups in total. The number of esters is 1. The summed E-state index contributed by atoms with van der Waals surface area (Å²) >= 11 is 0. The van der Waals surface area contributed by atoms with Gasteiger partial charge in [0.05, 0.1) is 12.9 Å². The molecule has 0 aromatic heterocycles. The van der Waals surface area contributed by atoms with Crippen molar-refractivity contribution in [2.75, 3.05) is 19.4 Å². The molecule has 0 amide bonds. The lowest BCUT2D eigenvalue weighted by atomic mass is 10.1. The van der Waals surface area contributed by atoms with E-state index in [1.165, 1.54) is 11.4 Å². The molecule has 5 nitrogen and oxygen atoms in total. The molecule has 0 radical (unpaired) electrons. The Labute approximate surface area is 103 Å². The van der Waals surface area contributed by atoms with Crippen molar-refractivity contribution in [2.45, 2.75) is 45.1 Å². The van der Waals surface area contributed by atoms with Gasteiger partial charge in [-0.15, -0.1) is 0 Å². The Balaban J connectivity index is 2.80. The van der Waals surface area contributed by atoms with E-state index in [1.54, 1.807) is 0 Å². The standard InChI is InChI=1S/C11H21NO4S/c1-3-4-9-17(14,15)12-8-6-5-7-10(12)11(13)16-2/h10H,3-9H2,1-2H3. The molecular weight excluding hydrogens is 242 g/mol. The van der Waals surface area contributed by atoms with Gasteiger partial charge in [0.2, 0.25) is 10.0 Å². The summed E-state index contributed by atoms with van der Waals surface area (Å²) in [6, 6.07) is -0.615. The summed E-state index contributed by atoms with van der Waals surface area (Å²) in [6.45, 7) is 2.38. The van der Waals surface area contributed by atoms with Gasteiger partial charge in [-0.05, 0) is 25.7 Å². The number of unbranched alkanes of at least 4 members (excludes halogenated alkanes) is 1. The highest BCUT2D eigenvalue weighted by molar-refractivity contribution is 7.89. The van der Waals surface area contributed by atoms with E-state index < -0.39 is 22.0 Å². The van der Waals surface area contributed by atoms with Crippen molar-refractivity contribution >= 4 is 16.0 Å². The fourth-order valence-corrected chi connectivity index (χ4v) is 3.93. The van der Waals surface area contributed by atoms with Crippen LogP contribution in [0.15, 0.2) is 0 Å². The van der Waals surface area contributed by atoms with Crippen LogP contribution in [0.4, 0.5) is 0 Å². The van der Waals surface area contributed by atoms with Gasteiger partial charge in [-0.25, -0.2) is 8.42 Å². The second-order valence-corrected chi connectivity index (χ2v) is 6.36. The Morgan fingerprint density at radius 2 is 2.12 bits per heavy atom. The van der Waals surface area contributed by atoms with Crippen molar-refractivity contribution in [1.29, 1.82) is 0 Å². The number of ether oxygens (including phenoxy) is 1. The second-order valence-electron chi connectivity index (χ2n) is 4.32. The lowest BCUT2D eigenvalue weighted by molar-refractivity contribution is -0.146. The molecule has 1 atom stereocenters. The molecule has 1 unspecified atom stereocenters. The van der Waals surface area contributed by atoms with Gasteiger partial charge < -0.3 is 4.74 Å². The number of sulfonamides is 1. The number of carbonyl (C=O) groups excluding carboxylic acids is 1. The maximum absolute atomic E-state index is 12.1. The minimum Gasteiger partial charge on any atom is -0.468 e. The minimum atomic E-state index is -3.32. The van der Waals surface area contributed by atoms with Gasteiger partial charge in [0.1, 0.15) is 6.04 Å². The molecule has 1 saturated heterocycles. The van der Waals surface area contributed by atoms with E-state index in [0.717, 1.165) is 19.3 Å². The summed E-state index contributed by atoms with van der Waals surface area (Å²) in [6.07, 6.45) is 3.72. The largest absolute Gasteiger partial charge is 0.468 e. The number of nitrogens with zero attached hydrogens (tertiary/aromatic N) is 1. The molecule has 1 rings (SSSR count). The first-order valence-corrected chi connectivity index (χ1v) is 7.71. The molecule has 0 aromatic rings. The fraction of sp³-hybridized carbons (Fsp3) is 0.909. The van der Waals surface area contributed by atoms with E-state index in [2.05, 4.69) is 4.74 Å². The van der Waals surface area contributed by atoms with E-state index in [0.29, 0.717) is 19.4 Å². The average Bonchev–Trinajstić information content (AvgIpc) is 2.35. The molecule has 0 aromatic carbocycles. The van der Waals surface area contributed by atoms with Crippen molar-refractivity contribution in [3.63, 3.8) is 0 Å². The lowest BCUT2D eigenvalue weighted by Gasteiger charge is -2.32. The summed E-state index contributed by atoms with van der Waals surface area (Å²) < 4.78 is 30.2. The van der Waals surface area contributed by atoms with E-state index in [4.69, 9.17) is 0 Å². The number of hydrogen-bond acceptors (Lipinski definition) is 4. The van der Waals surface area contributed by atoms with Crippen molar-refractivity contribution in [1.82, 2.24) is 4.31 Å². The van der Waals surface area contributed by atoms with Crippen LogP contribution >= 0.6 is 0 Å². The zero-order valence-electron chi connectivity index (χ0n) is 10.5. The SMILES string of the molecule is CCCCS(=O)(=O)N1CCCCC1C(=O)OC. The van der Waals surface area contributed by atoms with Crippen LogP contribution in [-0.4, -0.2) is 44.1 Å².